The largest absolute Gasteiger partial charge is 0.507 e. The van der Waals surface area contributed by atoms with Gasteiger partial charge in [0.05, 0.1) is 0 Å². The zero-order valence-corrected chi connectivity index (χ0v) is 13.4. The Morgan fingerprint density at radius 1 is 1.00 bits per heavy atom. The van der Waals surface area contributed by atoms with E-state index in [4.69, 9.17) is 0 Å². The minimum atomic E-state index is 0.310. The smallest absolute Gasteiger partial charge is 0.121 e. The van der Waals surface area contributed by atoms with Crippen molar-refractivity contribution in [3.8, 4) is 5.75 Å². The fourth-order valence-corrected chi connectivity index (χ4v) is 2.58. The Hall–Kier alpha value is -1.80. The van der Waals surface area contributed by atoms with Crippen molar-refractivity contribution in [1.29, 1.82) is 0 Å². The lowest BCUT2D eigenvalue weighted by Gasteiger charge is -2.16. The first-order valence-corrected chi connectivity index (χ1v) is 7.62. The third-order valence-electron chi connectivity index (χ3n) is 4.05. The molecule has 2 aromatic rings. The molecule has 0 amide bonds. The summed E-state index contributed by atoms with van der Waals surface area (Å²) >= 11 is 0. The molecule has 1 unspecified atom stereocenters. The molecule has 0 fully saturated rings. The summed E-state index contributed by atoms with van der Waals surface area (Å²) in [5, 5.41) is 13.4. The van der Waals surface area contributed by atoms with Crippen LogP contribution in [0.4, 0.5) is 0 Å². The predicted molar refractivity (Wildman–Crippen MR) is 88.7 cm³/mol. The van der Waals surface area contributed by atoms with Crippen molar-refractivity contribution in [2.45, 2.75) is 46.7 Å². The molecule has 2 heteroatoms. The molecule has 0 radical (unpaired) electrons. The fourth-order valence-electron chi connectivity index (χ4n) is 2.58. The molecule has 2 nitrogen and oxygen atoms in total. The maximum absolute atomic E-state index is 9.82. The Morgan fingerprint density at radius 3 is 2.10 bits per heavy atom. The van der Waals surface area contributed by atoms with Crippen molar-refractivity contribution < 1.29 is 5.11 Å². The lowest BCUT2D eigenvalue weighted by atomic mass is 10.0. The average molecular weight is 283 g/mol. The van der Waals surface area contributed by atoms with Crippen LogP contribution in [0.1, 0.15) is 47.7 Å². The maximum Gasteiger partial charge on any atom is 0.121 e. The monoisotopic (exact) mass is 283 g/mol. The number of aryl methyl sites for hydroxylation is 3. The van der Waals surface area contributed by atoms with E-state index in [1.807, 2.05) is 26.0 Å². The lowest BCUT2D eigenvalue weighted by Crippen LogP contribution is -2.18. The summed E-state index contributed by atoms with van der Waals surface area (Å²) < 4.78 is 0. The molecule has 21 heavy (non-hydrogen) atoms. The van der Waals surface area contributed by atoms with Crippen LogP contribution in [-0.4, -0.2) is 5.11 Å². The van der Waals surface area contributed by atoms with Crippen LogP contribution in [0.25, 0.3) is 0 Å². The molecule has 2 rings (SSSR count). The minimum absolute atomic E-state index is 0.310. The first-order valence-electron chi connectivity index (χ1n) is 7.62. The van der Waals surface area contributed by atoms with Gasteiger partial charge in [0, 0.05) is 12.6 Å². The van der Waals surface area contributed by atoms with Crippen molar-refractivity contribution in [1.82, 2.24) is 5.32 Å². The Labute approximate surface area is 127 Å². The Balaban J connectivity index is 2.01. The van der Waals surface area contributed by atoms with E-state index in [9.17, 15) is 5.11 Å². The zero-order valence-electron chi connectivity index (χ0n) is 13.4. The maximum atomic E-state index is 9.82. The van der Waals surface area contributed by atoms with E-state index in [0.717, 1.165) is 24.1 Å². The van der Waals surface area contributed by atoms with Crippen LogP contribution >= 0.6 is 0 Å². The first kappa shape index (κ1) is 15.6. The van der Waals surface area contributed by atoms with Gasteiger partial charge in [-0.15, -0.1) is 0 Å². The number of benzene rings is 2. The van der Waals surface area contributed by atoms with Crippen LogP contribution in [0.3, 0.4) is 0 Å². The molecule has 112 valence electrons. The molecule has 0 aliphatic carbocycles. The molecule has 0 saturated carbocycles. The van der Waals surface area contributed by atoms with E-state index in [-0.39, 0.29) is 0 Å². The van der Waals surface area contributed by atoms with Gasteiger partial charge in [0.25, 0.3) is 0 Å². The summed E-state index contributed by atoms with van der Waals surface area (Å²) in [7, 11) is 0. The Morgan fingerprint density at radius 2 is 1.57 bits per heavy atom. The van der Waals surface area contributed by atoms with Crippen molar-refractivity contribution in [2.75, 3.05) is 0 Å². The number of hydrogen-bond donors (Lipinski definition) is 2. The third kappa shape index (κ3) is 3.85. The number of phenolic OH excluding ortho intramolecular Hbond substituents is 1. The molecule has 0 aromatic heterocycles. The van der Waals surface area contributed by atoms with Gasteiger partial charge in [0.15, 0.2) is 0 Å². The molecule has 0 saturated heterocycles. The normalized spacial score (nSPS) is 12.4. The van der Waals surface area contributed by atoms with Crippen LogP contribution in [0.15, 0.2) is 36.4 Å². The van der Waals surface area contributed by atoms with E-state index in [1.54, 1.807) is 0 Å². The molecule has 1 atom stereocenters. The van der Waals surface area contributed by atoms with Gasteiger partial charge in [-0.05, 0) is 55.0 Å². The molecule has 0 heterocycles. The van der Waals surface area contributed by atoms with Crippen LogP contribution in [0, 0.1) is 13.8 Å². The topological polar surface area (TPSA) is 32.3 Å². The van der Waals surface area contributed by atoms with E-state index < -0.39 is 0 Å². The van der Waals surface area contributed by atoms with Gasteiger partial charge in [-0.2, -0.15) is 0 Å². The molecular formula is C19H25NO. The predicted octanol–water partition coefficient (Wildman–Crippen LogP) is 4.42. The number of nitrogens with one attached hydrogen (secondary N) is 1. The highest BCUT2D eigenvalue weighted by atomic mass is 16.3. The molecular weight excluding hydrogens is 258 g/mol. The van der Waals surface area contributed by atoms with Gasteiger partial charge in [0.1, 0.15) is 5.75 Å². The van der Waals surface area contributed by atoms with Crippen LogP contribution in [0.5, 0.6) is 5.75 Å². The molecule has 0 aliphatic rings. The summed E-state index contributed by atoms with van der Waals surface area (Å²) in [6, 6.07) is 13.2. The first-order chi connectivity index (χ1) is 10.0. The molecule has 2 aromatic carbocycles. The quantitative estimate of drug-likeness (QED) is 0.851. The van der Waals surface area contributed by atoms with E-state index in [1.165, 1.54) is 16.7 Å². The molecule has 0 spiro atoms. The summed E-state index contributed by atoms with van der Waals surface area (Å²) in [5.41, 5.74) is 5.76. The van der Waals surface area contributed by atoms with Crippen molar-refractivity contribution in [3.63, 3.8) is 0 Å². The number of hydrogen-bond acceptors (Lipinski definition) is 2. The number of aromatic hydroxyl groups is 1. The number of rotatable bonds is 5. The van der Waals surface area contributed by atoms with Gasteiger partial charge in [-0.25, -0.2) is 0 Å². The van der Waals surface area contributed by atoms with Gasteiger partial charge in [-0.1, -0.05) is 43.3 Å². The van der Waals surface area contributed by atoms with Gasteiger partial charge in [0.2, 0.25) is 0 Å². The van der Waals surface area contributed by atoms with Crippen molar-refractivity contribution in [2.24, 2.45) is 0 Å². The SMILES string of the molecule is CCc1ccc(C(C)NCc2cc(C)c(O)c(C)c2)cc1. The molecule has 2 N–H and O–H groups in total. The van der Waals surface area contributed by atoms with Gasteiger partial charge < -0.3 is 10.4 Å². The Kier molecular flexibility index (Phi) is 5.03. The second-order valence-corrected chi connectivity index (χ2v) is 5.78. The molecule has 0 bridgehead atoms. The van der Waals surface area contributed by atoms with E-state index >= 15 is 0 Å². The second-order valence-electron chi connectivity index (χ2n) is 5.78. The zero-order chi connectivity index (χ0) is 15.4. The highest BCUT2D eigenvalue weighted by molar-refractivity contribution is 5.42. The lowest BCUT2D eigenvalue weighted by molar-refractivity contribution is 0.466. The van der Waals surface area contributed by atoms with Crippen molar-refractivity contribution >= 4 is 0 Å². The fraction of sp³-hybridized carbons (Fsp3) is 0.368. The standard InChI is InChI=1S/C19H25NO/c1-5-16-6-8-18(9-7-16)15(4)20-12-17-10-13(2)19(21)14(3)11-17/h6-11,15,20-21H,5,12H2,1-4H3. The summed E-state index contributed by atoms with van der Waals surface area (Å²) in [4.78, 5) is 0. The van der Waals surface area contributed by atoms with Crippen LogP contribution in [-0.2, 0) is 13.0 Å². The number of phenols is 1. The van der Waals surface area contributed by atoms with Crippen LogP contribution < -0.4 is 5.32 Å². The third-order valence-corrected chi connectivity index (χ3v) is 4.05. The van der Waals surface area contributed by atoms with Crippen molar-refractivity contribution in [3.05, 3.63) is 64.2 Å². The van der Waals surface area contributed by atoms with Gasteiger partial charge in [-0.3, -0.25) is 0 Å². The average Bonchev–Trinajstić information content (AvgIpc) is 2.50. The molecule has 0 aliphatic heterocycles. The summed E-state index contributed by atoms with van der Waals surface area (Å²) in [6.07, 6.45) is 1.08. The van der Waals surface area contributed by atoms with E-state index in [2.05, 4.69) is 43.4 Å². The van der Waals surface area contributed by atoms with E-state index in [0.29, 0.717) is 11.8 Å². The second kappa shape index (κ2) is 6.77. The minimum Gasteiger partial charge on any atom is -0.507 e. The highest BCUT2D eigenvalue weighted by Gasteiger charge is 2.07. The Bertz CT molecular complexity index is 578. The van der Waals surface area contributed by atoms with Crippen LogP contribution in [0.2, 0.25) is 0 Å². The highest BCUT2D eigenvalue weighted by Crippen LogP contribution is 2.23. The summed E-state index contributed by atoms with van der Waals surface area (Å²) in [5.74, 6) is 0.405. The summed E-state index contributed by atoms with van der Waals surface area (Å²) in [6.45, 7) is 9.05. The van der Waals surface area contributed by atoms with Gasteiger partial charge >= 0.3 is 0 Å².